The van der Waals surface area contributed by atoms with Gasteiger partial charge in [0.2, 0.25) is 5.91 Å². The molecule has 1 unspecified atom stereocenters. The standard InChI is InChI=1S/C21H22FNO4/c1-27-18-8-7-15(12-17(18)22)20(21(25)26)23-19(24)11-13-9-16(10-13)14-5-3-2-4-6-14/h2-8,12-13,16,20H,9-11H2,1H3,(H,23,24)(H,25,26). The lowest BCUT2D eigenvalue weighted by Crippen LogP contribution is -2.36. The third-order valence-electron chi connectivity index (χ3n) is 5.04. The van der Waals surface area contributed by atoms with E-state index in [2.05, 4.69) is 17.4 Å². The molecule has 1 aliphatic rings. The van der Waals surface area contributed by atoms with E-state index in [1.54, 1.807) is 0 Å². The number of hydrogen-bond donors (Lipinski definition) is 2. The Labute approximate surface area is 157 Å². The van der Waals surface area contributed by atoms with Crippen LogP contribution in [0, 0.1) is 11.7 Å². The van der Waals surface area contributed by atoms with Crippen LogP contribution in [0.1, 0.15) is 42.3 Å². The molecular weight excluding hydrogens is 349 g/mol. The van der Waals surface area contributed by atoms with Crippen molar-refractivity contribution in [1.29, 1.82) is 0 Å². The van der Waals surface area contributed by atoms with E-state index in [0.717, 1.165) is 18.9 Å². The van der Waals surface area contributed by atoms with Crippen LogP contribution < -0.4 is 10.1 Å². The van der Waals surface area contributed by atoms with Crippen LogP contribution in [0.4, 0.5) is 4.39 Å². The van der Waals surface area contributed by atoms with Crippen molar-refractivity contribution in [2.24, 2.45) is 5.92 Å². The number of benzene rings is 2. The maximum atomic E-state index is 13.9. The Morgan fingerprint density at radius 1 is 1.22 bits per heavy atom. The monoisotopic (exact) mass is 371 g/mol. The maximum absolute atomic E-state index is 13.9. The topological polar surface area (TPSA) is 75.6 Å². The molecule has 1 amide bonds. The number of carbonyl (C=O) groups excluding carboxylic acids is 1. The van der Waals surface area contributed by atoms with Gasteiger partial charge in [0.15, 0.2) is 17.6 Å². The number of halogens is 1. The second-order valence-electron chi connectivity index (χ2n) is 6.88. The molecule has 2 aromatic rings. The lowest BCUT2D eigenvalue weighted by Gasteiger charge is -2.35. The summed E-state index contributed by atoms with van der Waals surface area (Å²) in [6.45, 7) is 0. The van der Waals surface area contributed by atoms with Gasteiger partial charge >= 0.3 is 5.97 Å². The molecule has 0 heterocycles. The van der Waals surface area contributed by atoms with Crippen LogP contribution in [-0.2, 0) is 9.59 Å². The molecule has 6 heteroatoms. The molecule has 27 heavy (non-hydrogen) atoms. The van der Waals surface area contributed by atoms with Crippen molar-refractivity contribution >= 4 is 11.9 Å². The number of aliphatic carboxylic acids is 1. The fourth-order valence-corrected chi connectivity index (χ4v) is 3.53. The fourth-order valence-electron chi connectivity index (χ4n) is 3.53. The number of amides is 1. The summed E-state index contributed by atoms with van der Waals surface area (Å²) in [6, 6.07) is 12.7. The lowest BCUT2D eigenvalue weighted by atomic mass is 9.70. The highest BCUT2D eigenvalue weighted by Crippen LogP contribution is 2.43. The third-order valence-corrected chi connectivity index (χ3v) is 5.04. The van der Waals surface area contributed by atoms with Crippen LogP contribution in [0.5, 0.6) is 5.75 Å². The smallest absolute Gasteiger partial charge is 0.330 e. The van der Waals surface area contributed by atoms with Crippen LogP contribution in [0.3, 0.4) is 0 Å². The van der Waals surface area contributed by atoms with E-state index in [1.807, 2.05) is 18.2 Å². The van der Waals surface area contributed by atoms with Gasteiger partial charge in [-0.1, -0.05) is 36.4 Å². The van der Waals surface area contributed by atoms with Crippen molar-refractivity contribution in [3.05, 3.63) is 65.5 Å². The molecule has 0 spiro atoms. The highest BCUT2D eigenvalue weighted by atomic mass is 19.1. The Hall–Kier alpha value is -2.89. The van der Waals surface area contributed by atoms with Gasteiger partial charge in [-0.3, -0.25) is 4.79 Å². The molecule has 142 valence electrons. The van der Waals surface area contributed by atoms with Gasteiger partial charge in [0.1, 0.15) is 0 Å². The first-order valence-corrected chi connectivity index (χ1v) is 8.88. The zero-order chi connectivity index (χ0) is 19.4. The van der Waals surface area contributed by atoms with Gasteiger partial charge in [0, 0.05) is 6.42 Å². The zero-order valence-corrected chi connectivity index (χ0v) is 15.0. The number of hydrogen-bond acceptors (Lipinski definition) is 3. The minimum atomic E-state index is -1.29. The predicted octanol–water partition coefficient (Wildman–Crippen LogP) is 3.66. The highest BCUT2D eigenvalue weighted by molar-refractivity contribution is 5.84. The molecule has 0 saturated heterocycles. The maximum Gasteiger partial charge on any atom is 0.330 e. The fraction of sp³-hybridized carbons (Fsp3) is 0.333. The van der Waals surface area contributed by atoms with Gasteiger partial charge < -0.3 is 15.2 Å². The van der Waals surface area contributed by atoms with Crippen molar-refractivity contribution in [2.45, 2.75) is 31.2 Å². The van der Waals surface area contributed by atoms with Crippen LogP contribution in [0.2, 0.25) is 0 Å². The minimum Gasteiger partial charge on any atom is -0.494 e. The van der Waals surface area contributed by atoms with E-state index in [-0.39, 0.29) is 29.6 Å². The Balaban J connectivity index is 1.57. The average Bonchev–Trinajstić information content (AvgIpc) is 2.62. The van der Waals surface area contributed by atoms with E-state index in [9.17, 15) is 19.1 Å². The van der Waals surface area contributed by atoms with Gasteiger partial charge in [-0.15, -0.1) is 0 Å². The summed E-state index contributed by atoms with van der Waals surface area (Å²) in [6.07, 6.45) is 2.09. The molecular formula is C21H22FNO4. The number of carboxylic acids is 1. The largest absolute Gasteiger partial charge is 0.494 e. The highest BCUT2D eigenvalue weighted by Gasteiger charge is 2.32. The first-order valence-electron chi connectivity index (χ1n) is 8.88. The van der Waals surface area contributed by atoms with Crippen molar-refractivity contribution in [3.8, 4) is 5.75 Å². The van der Waals surface area contributed by atoms with Crippen molar-refractivity contribution in [1.82, 2.24) is 5.32 Å². The normalized spacial score (nSPS) is 19.6. The molecule has 1 aliphatic carbocycles. The molecule has 0 radical (unpaired) electrons. The van der Waals surface area contributed by atoms with Crippen LogP contribution >= 0.6 is 0 Å². The summed E-state index contributed by atoms with van der Waals surface area (Å²) >= 11 is 0. The summed E-state index contributed by atoms with van der Waals surface area (Å²) in [7, 11) is 1.33. The van der Waals surface area contributed by atoms with Gasteiger partial charge in [-0.25, -0.2) is 9.18 Å². The number of carboxylic acid groups (broad SMARTS) is 1. The van der Waals surface area contributed by atoms with Gasteiger partial charge in [0.25, 0.3) is 0 Å². The summed E-state index contributed by atoms with van der Waals surface area (Å²) in [4.78, 5) is 23.8. The quantitative estimate of drug-likeness (QED) is 0.779. The summed E-state index contributed by atoms with van der Waals surface area (Å²) < 4.78 is 18.7. The molecule has 1 fully saturated rings. The second-order valence-corrected chi connectivity index (χ2v) is 6.88. The van der Waals surface area contributed by atoms with Crippen molar-refractivity contribution in [2.75, 3.05) is 7.11 Å². The molecule has 3 rings (SSSR count). The Bertz CT molecular complexity index is 818. The average molecular weight is 371 g/mol. The Kier molecular flexibility index (Phi) is 5.74. The number of carbonyl (C=O) groups is 2. The third kappa shape index (κ3) is 4.45. The number of nitrogens with one attached hydrogen (secondary N) is 1. The van der Waals surface area contributed by atoms with E-state index < -0.39 is 17.8 Å². The second kappa shape index (κ2) is 8.20. The molecule has 0 bridgehead atoms. The van der Waals surface area contributed by atoms with Crippen molar-refractivity contribution < 1.29 is 23.8 Å². The number of rotatable bonds is 7. The lowest BCUT2D eigenvalue weighted by molar-refractivity contribution is -0.142. The predicted molar refractivity (Wildman–Crippen MR) is 98.0 cm³/mol. The number of methoxy groups -OCH3 is 1. The molecule has 1 saturated carbocycles. The number of ether oxygens (including phenoxy) is 1. The summed E-state index contributed by atoms with van der Waals surface area (Å²) in [5, 5.41) is 11.9. The first-order chi connectivity index (χ1) is 13.0. The van der Waals surface area contributed by atoms with Gasteiger partial charge in [0.05, 0.1) is 7.11 Å². The Morgan fingerprint density at radius 2 is 1.93 bits per heavy atom. The van der Waals surface area contributed by atoms with Gasteiger partial charge in [-0.05, 0) is 47.9 Å². The van der Waals surface area contributed by atoms with E-state index in [4.69, 9.17) is 4.74 Å². The molecule has 2 N–H and O–H groups in total. The van der Waals surface area contributed by atoms with E-state index >= 15 is 0 Å². The van der Waals surface area contributed by atoms with Crippen LogP contribution in [0.15, 0.2) is 48.5 Å². The van der Waals surface area contributed by atoms with E-state index in [0.29, 0.717) is 5.92 Å². The SMILES string of the molecule is COc1ccc(C(NC(=O)CC2CC(c3ccccc3)C2)C(=O)O)cc1F. The zero-order valence-electron chi connectivity index (χ0n) is 15.0. The van der Waals surface area contributed by atoms with Crippen LogP contribution in [-0.4, -0.2) is 24.1 Å². The first kappa shape index (κ1) is 18.9. The molecule has 1 atom stereocenters. The molecule has 0 aromatic heterocycles. The van der Waals surface area contributed by atoms with Crippen molar-refractivity contribution in [3.63, 3.8) is 0 Å². The van der Waals surface area contributed by atoms with Gasteiger partial charge in [-0.2, -0.15) is 0 Å². The molecule has 2 aromatic carbocycles. The van der Waals surface area contributed by atoms with Crippen LogP contribution in [0.25, 0.3) is 0 Å². The molecule has 0 aliphatic heterocycles. The Morgan fingerprint density at radius 3 is 2.52 bits per heavy atom. The molecule has 5 nitrogen and oxygen atoms in total. The summed E-state index contributed by atoms with van der Waals surface area (Å²) in [5.74, 6) is -1.53. The summed E-state index contributed by atoms with van der Waals surface area (Å²) in [5.41, 5.74) is 1.44. The minimum absolute atomic E-state index is 0.0237. The van der Waals surface area contributed by atoms with E-state index in [1.165, 1.54) is 24.8 Å².